The number of aromatic nitrogens is 1. The number of nitrogens with two attached hydrogens (primary N) is 1. The van der Waals surface area contributed by atoms with E-state index in [-0.39, 0.29) is 0 Å². The Morgan fingerprint density at radius 3 is 2.42 bits per heavy atom. The minimum absolute atomic E-state index is 0.451. The molecule has 1 aromatic heterocycles. The third-order valence-electron chi connectivity index (χ3n) is 3.09. The normalized spacial score (nSPS) is 13.9. The van der Waals surface area contributed by atoms with Gasteiger partial charge in [0.1, 0.15) is 5.75 Å². The Balaban J connectivity index is 2.18. The Morgan fingerprint density at radius 1 is 1.21 bits per heavy atom. The van der Waals surface area contributed by atoms with Crippen LogP contribution in [0.25, 0.3) is 0 Å². The van der Waals surface area contributed by atoms with Gasteiger partial charge in [0, 0.05) is 28.3 Å². The SMILES string of the molecule is COc1ccc(C(C)(N)Cc2ccc(Br)cn2)cc1. The van der Waals surface area contributed by atoms with E-state index < -0.39 is 5.54 Å². The van der Waals surface area contributed by atoms with Crippen LogP contribution >= 0.6 is 15.9 Å². The minimum atomic E-state index is -0.451. The second-order valence-corrected chi connectivity index (χ2v) is 5.71. The standard InChI is InChI=1S/C15H17BrN2O/c1-15(17,9-13-6-5-12(16)10-18-13)11-3-7-14(19-2)8-4-11/h3-8,10H,9,17H2,1-2H3. The number of rotatable bonds is 4. The number of pyridine rings is 1. The molecule has 0 bridgehead atoms. The smallest absolute Gasteiger partial charge is 0.118 e. The summed E-state index contributed by atoms with van der Waals surface area (Å²) in [6, 6.07) is 11.8. The molecule has 4 heteroatoms. The maximum absolute atomic E-state index is 6.41. The van der Waals surface area contributed by atoms with Gasteiger partial charge in [-0.15, -0.1) is 0 Å². The van der Waals surface area contributed by atoms with E-state index in [4.69, 9.17) is 10.5 Å². The van der Waals surface area contributed by atoms with Crippen LogP contribution in [0.5, 0.6) is 5.75 Å². The topological polar surface area (TPSA) is 48.1 Å². The van der Waals surface area contributed by atoms with Crippen molar-refractivity contribution in [2.45, 2.75) is 18.9 Å². The van der Waals surface area contributed by atoms with Gasteiger partial charge in [0.25, 0.3) is 0 Å². The Morgan fingerprint density at radius 2 is 1.89 bits per heavy atom. The monoisotopic (exact) mass is 320 g/mol. The lowest BCUT2D eigenvalue weighted by Gasteiger charge is -2.25. The molecular weight excluding hydrogens is 304 g/mol. The molecule has 0 fully saturated rings. The van der Waals surface area contributed by atoms with E-state index in [1.807, 2.05) is 43.3 Å². The van der Waals surface area contributed by atoms with Gasteiger partial charge in [-0.1, -0.05) is 12.1 Å². The fourth-order valence-electron chi connectivity index (χ4n) is 1.96. The summed E-state index contributed by atoms with van der Waals surface area (Å²) in [6.45, 7) is 2.01. The van der Waals surface area contributed by atoms with Crippen LogP contribution in [0.1, 0.15) is 18.2 Å². The number of hydrogen-bond acceptors (Lipinski definition) is 3. The van der Waals surface area contributed by atoms with Crippen molar-refractivity contribution in [2.75, 3.05) is 7.11 Å². The van der Waals surface area contributed by atoms with Crippen molar-refractivity contribution in [3.8, 4) is 5.75 Å². The minimum Gasteiger partial charge on any atom is -0.497 e. The number of hydrogen-bond donors (Lipinski definition) is 1. The van der Waals surface area contributed by atoms with Gasteiger partial charge in [-0.05, 0) is 52.7 Å². The first-order valence-corrected chi connectivity index (χ1v) is 6.84. The zero-order valence-corrected chi connectivity index (χ0v) is 12.6. The summed E-state index contributed by atoms with van der Waals surface area (Å²) < 4.78 is 6.13. The zero-order chi connectivity index (χ0) is 13.9. The summed E-state index contributed by atoms with van der Waals surface area (Å²) in [4.78, 5) is 4.37. The number of methoxy groups -OCH3 is 1. The van der Waals surface area contributed by atoms with Crippen LogP contribution < -0.4 is 10.5 Å². The van der Waals surface area contributed by atoms with Gasteiger partial charge in [-0.25, -0.2) is 0 Å². The molecule has 0 saturated carbocycles. The Bertz CT molecular complexity index is 535. The summed E-state index contributed by atoms with van der Waals surface area (Å²) >= 11 is 3.38. The number of ether oxygens (including phenoxy) is 1. The Kier molecular flexibility index (Phi) is 4.22. The van der Waals surface area contributed by atoms with E-state index >= 15 is 0 Å². The molecule has 1 unspecified atom stereocenters. The van der Waals surface area contributed by atoms with Crippen molar-refractivity contribution >= 4 is 15.9 Å². The molecule has 2 rings (SSSR count). The van der Waals surface area contributed by atoms with Gasteiger partial charge in [0.2, 0.25) is 0 Å². The second-order valence-electron chi connectivity index (χ2n) is 4.79. The highest BCUT2D eigenvalue weighted by atomic mass is 79.9. The number of benzene rings is 1. The van der Waals surface area contributed by atoms with E-state index in [1.54, 1.807) is 13.3 Å². The lowest BCUT2D eigenvalue weighted by molar-refractivity contribution is 0.413. The van der Waals surface area contributed by atoms with E-state index in [9.17, 15) is 0 Å². The van der Waals surface area contributed by atoms with Gasteiger partial charge >= 0.3 is 0 Å². The average molecular weight is 321 g/mol. The van der Waals surface area contributed by atoms with Crippen LogP contribution in [0.4, 0.5) is 0 Å². The van der Waals surface area contributed by atoms with Crippen LogP contribution in [0.2, 0.25) is 0 Å². The van der Waals surface area contributed by atoms with Crippen molar-refractivity contribution in [3.63, 3.8) is 0 Å². The molecule has 0 aliphatic carbocycles. The maximum atomic E-state index is 6.41. The second kappa shape index (κ2) is 5.72. The van der Waals surface area contributed by atoms with Crippen molar-refractivity contribution in [1.29, 1.82) is 0 Å². The molecule has 1 atom stereocenters. The predicted molar refractivity (Wildman–Crippen MR) is 80.2 cm³/mol. The van der Waals surface area contributed by atoms with Crippen molar-refractivity contribution < 1.29 is 4.74 Å². The molecule has 0 radical (unpaired) electrons. The van der Waals surface area contributed by atoms with Gasteiger partial charge < -0.3 is 10.5 Å². The first kappa shape index (κ1) is 14.0. The third-order valence-corrected chi connectivity index (χ3v) is 3.56. The molecule has 19 heavy (non-hydrogen) atoms. The molecule has 0 saturated heterocycles. The first-order chi connectivity index (χ1) is 9.01. The molecular formula is C15H17BrN2O. The highest BCUT2D eigenvalue weighted by Crippen LogP contribution is 2.24. The van der Waals surface area contributed by atoms with Gasteiger partial charge in [-0.2, -0.15) is 0 Å². The molecule has 2 N–H and O–H groups in total. The molecule has 0 aliphatic rings. The van der Waals surface area contributed by atoms with Crippen LogP contribution in [0, 0.1) is 0 Å². The van der Waals surface area contributed by atoms with Gasteiger partial charge in [-0.3, -0.25) is 4.98 Å². The van der Waals surface area contributed by atoms with E-state index in [0.717, 1.165) is 21.5 Å². The van der Waals surface area contributed by atoms with Crippen LogP contribution in [0.15, 0.2) is 47.1 Å². The molecule has 1 aromatic carbocycles. The summed E-state index contributed by atoms with van der Waals surface area (Å²) in [5.74, 6) is 0.835. The molecule has 2 aromatic rings. The van der Waals surface area contributed by atoms with Crippen LogP contribution in [-0.2, 0) is 12.0 Å². The average Bonchev–Trinajstić information content (AvgIpc) is 2.41. The van der Waals surface area contributed by atoms with E-state index in [2.05, 4.69) is 20.9 Å². The maximum Gasteiger partial charge on any atom is 0.118 e. The van der Waals surface area contributed by atoms with Crippen LogP contribution in [-0.4, -0.2) is 12.1 Å². The molecule has 0 amide bonds. The molecule has 3 nitrogen and oxygen atoms in total. The zero-order valence-electron chi connectivity index (χ0n) is 11.1. The van der Waals surface area contributed by atoms with E-state index in [0.29, 0.717) is 6.42 Å². The fourth-order valence-corrected chi connectivity index (χ4v) is 2.20. The predicted octanol–water partition coefficient (Wildman–Crippen LogP) is 3.27. The van der Waals surface area contributed by atoms with Crippen molar-refractivity contribution in [2.24, 2.45) is 5.73 Å². The molecule has 1 heterocycles. The third kappa shape index (κ3) is 3.55. The summed E-state index contributed by atoms with van der Waals surface area (Å²) in [7, 11) is 1.66. The van der Waals surface area contributed by atoms with Gasteiger partial charge in [0.15, 0.2) is 0 Å². The van der Waals surface area contributed by atoms with Crippen LogP contribution in [0.3, 0.4) is 0 Å². The Hall–Kier alpha value is -1.39. The molecule has 0 spiro atoms. The Labute approximate surface area is 121 Å². The summed E-state index contributed by atoms with van der Waals surface area (Å²) in [5, 5.41) is 0. The molecule has 0 aliphatic heterocycles. The fraction of sp³-hybridized carbons (Fsp3) is 0.267. The van der Waals surface area contributed by atoms with Gasteiger partial charge in [0.05, 0.1) is 7.11 Å². The van der Waals surface area contributed by atoms with Crippen molar-refractivity contribution in [1.82, 2.24) is 4.98 Å². The lowest BCUT2D eigenvalue weighted by atomic mass is 9.88. The molecule has 100 valence electrons. The first-order valence-electron chi connectivity index (χ1n) is 6.05. The lowest BCUT2D eigenvalue weighted by Crippen LogP contribution is -2.35. The summed E-state index contributed by atoms with van der Waals surface area (Å²) in [5.41, 5.74) is 8.00. The largest absolute Gasteiger partial charge is 0.497 e. The summed E-state index contributed by atoms with van der Waals surface area (Å²) in [6.07, 6.45) is 2.48. The van der Waals surface area contributed by atoms with E-state index in [1.165, 1.54) is 0 Å². The number of halogens is 1. The number of nitrogens with zero attached hydrogens (tertiary/aromatic N) is 1. The highest BCUT2D eigenvalue weighted by molar-refractivity contribution is 9.10. The quantitative estimate of drug-likeness (QED) is 0.940. The van der Waals surface area contributed by atoms with Crippen molar-refractivity contribution in [3.05, 3.63) is 58.3 Å². The highest BCUT2D eigenvalue weighted by Gasteiger charge is 2.22.